The van der Waals surface area contributed by atoms with Gasteiger partial charge in [-0.05, 0) is 66.6 Å². The summed E-state index contributed by atoms with van der Waals surface area (Å²) in [6.07, 6.45) is 0.322. The molecule has 0 aliphatic heterocycles. The lowest BCUT2D eigenvalue weighted by Gasteiger charge is -2.33. The fourth-order valence-corrected chi connectivity index (χ4v) is 5.62. The average molecular weight is 579 g/mol. The van der Waals surface area contributed by atoms with Crippen molar-refractivity contribution in [3.8, 4) is 5.75 Å². The van der Waals surface area contributed by atoms with Gasteiger partial charge < -0.3 is 15.0 Å². The van der Waals surface area contributed by atoms with Gasteiger partial charge in [0.15, 0.2) is 0 Å². The minimum Gasteiger partial charge on any atom is -0.497 e. The molecule has 202 valence electrons. The fraction of sp³-hybridized carbons (Fsp3) is 0.259. The second-order valence-electron chi connectivity index (χ2n) is 8.35. The quantitative estimate of drug-likeness (QED) is 0.354. The number of nitrogens with one attached hydrogen (secondary N) is 1. The summed E-state index contributed by atoms with van der Waals surface area (Å²) in [5, 5.41) is 3.27. The van der Waals surface area contributed by atoms with E-state index in [0.717, 1.165) is 9.87 Å². The molecule has 3 aromatic rings. The Morgan fingerprint density at radius 1 is 0.974 bits per heavy atom. The number of amides is 2. The molecular weight excluding hydrogens is 549 g/mol. The van der Waals surface area contributed by atoms with Crippen molar-refractivity contribution in [1.82, 2.24) is 10.2 Å². The van der Waals surface area contributed by atoms with Crippen molar-refractivity contribution < 1.29 is 22.7 Å². The Labute approximate surface area is 233 Å². The highest BCUT2D eigenvalue weighted by Crippen LogP contribution is 2.28. The molecule has 0 heterocycles. The maximum Gasteiger partial charge on any atom is 0.264 e. The molecule has 2 amide bonds. The van der Waals surface area contributed by atoms with Gasteiger partial charge in [-0.1, -0.05) is 48.3 Å². The van der Waals surface area contributed by atoms with E-state index in [1.165, 1.54) is 42.3 Å². The Morgan fingerprint density at radius 3 is 2.18 bits per heavy atom. The Kier molecular flexibility index (Phi) is 10.0. The molecule has 3 rings (SSSR count). The Balaban J connectivity index is 2.04. The van der Waals surface area contributed by atoms with E-state index in [2.05, 4.69) is 5.32 Å². The minimum absolute atomic E-state index is 0.0466. The topological polar surface area (TPSA) is 96.0 Å². The summed E-state index contributed by atoms with van der Waals surface area (Å²) >= 11 is 12.1. The first-order valence-corrected chi connectivity index (χ1v) is 14.0. The van der Waals surface area contributed by atoms with Gasteiger partial charge in [-0.15, -0.1) is 0 Å². The van der Waals surface area contributed by atoms with E-state index in [4.69, 9.17) is 27.9 Å². The van der Waals surface area contributed by atoms with Crippen LogP contribution in [0.2, 0.25) is 10.0 Å². The predicted octanol–water partition coefficient (Wildman–Crippen LogP) is 4.75. The third kappa shape index (κ3) is 6.98. The van der Waals surface area contributed by atoms with Gasteiger partial charge in [-0.3, -0.25) is 13.9 Å². The van der Waals surface area contributed by atoms with Gasteiger partial charge >= 0.3 is 0 Å². The van der Waals surface area contributed by atoms with E-state index in [-0.39, 0.29) is 23.0 Å². The van der Waals surface area contributed by atoms with Gasteiger partial charge in [-0.2, -0.15) is 0 Å². The molecule has 1 N–H and O–H groups in total. The van der Waals surface area contributed by atoms with Gasteiger partial charge in [-0.25, -0.2) is 8.42 Å². The molecule has 0 saturated heterocycles. The zero-order valence-electron chi connectivity index (χ0n) is 21.2. The second-order valence-corrected chi connectivity index (χ2v) is 11.1. The molecule has 1 unspecified atom stereocenters. The highest BCUT2D eigenvalue weighted by Gasteiger charge is 2.33. The van der Waals surface area contributed by atoms with Gasteiger partial charge in [0.05, 0.1) is 17.7 Å². The Hall–Kier alpha value is -3.27. The van der Waals surface area contributed by atoms with Crippen LogP contribution in [0.4, 0.5) is 5.69 Å². The molecule has 0 fully saturated rings. The number of hydrogen-bond acceptors (Lipinski definition) is 5. The van der Waals surface area contributed by atoms with E-state index < -0.39 is 28.5 Å². The monoisotopic (exact) mass is 577 g/mol. The highest BCUT2D eigenvalue weighted by molar-refractivity contribution is 7.92. The molecule has 0 radical (unpaired) electrons. The van der Waals surface area contributed by atoms with Crippen molar-refractivity contribution in [2.75, 3.05) is 25.0 Å². The molecule has 0 aliphatic carbocycles. The number of rotatable bonds is 11. The summed E-state index contributed by atoms with van der Waals surface area (Å²) in [6, 6.07) is 18.1. The van der Waals surface area contributed by atoms with Crippen molar-refractivity contribution >= 4 is 50.7 Å². The van der Waals surface area contributed by atoms with Crippen LogP contribution in [0, 0.1) is 0 Å². The minimum atomic E-state index is -4.20. The molecule has 3 aromatic carbocycles. The van der Waals surface area contributed by atoms with Crippen molar-refractivity contribution in [2.24, 2.45) is 0 Å². The summed E-state index contributed by atoms with van der Waals surface area (Å²) in [5.41, 5.74) is 0.953. The molecule has 11 heteroatoms. The van der Waals surface area contributed by atoms with Crippen molar-refractivity contribution in [1.29, 1.82) is 0 Å². The highest BCUT2D eigenvalue weighted by atomic mass is 35.5. The third-order valence-corrected chi connectivity index (χ3v) is 8.20. The average Bonchev–Trinajstić information content (AvgIpc) is 2.91. The van der Waals surface area contributed by atoms with Crippen LogP contribution >= 0.6 is 23.2 Å². The van der Waals surface area contributed by atoms with Crippen LogP contribution in [-0.4, -0.2) is 51.9 Å². The van der Waals surface area contributed by atoms with Gasteiger partial charge in [0, 0.05) is 23.6 Å². The number of benzene rings is 3. The number of carbonyl (C=O) groups is 2. The molecule has 8 nitrogen and oxygen atoms in total. The molecule has 38 heavy (non-hydrogen) atoms. The standard InChI is InChI=1S/C27H29Cl2N3O5S/c1-4-25(27(34)30-2)31(17-19-8-12-23(37-3)13-9-19)26(33)18-32(22-7-5-6-21(29)16-22)38(35,36)24-14-10-20(28)11-15-24/h5-16,25H,4,17-18H2,1-3H3,(H,30,34). The first-order valence-electron chi connectivity index (χ1n) is 11.8. The molecule has 0 bridgehead atoms. The molecule has 0 spiro atoms. The van der Waals surface area contributed by atoms with Crippen LogP contribution in [0.1, 0.15) is 18.9 Å². The molecule has 1 atom stereocenters. The molecule has 0 saturated carbocycles. The van der Waals surface area contributed by atoms with E-state index in [0.29, 0.717) is 22.2 Å². The largest absolute Gasteiger partial charge is 0.497 e. The number of halogens is 2. The van der Waals surface area contributed by atoms with Crippen LogP contribution in [0.15, 0.2) is 77.7 Å². The van der Waals surface area contributed by atoms with Crippen LogP contribution in [-0.2, 0) is 26.2 Å². The van der Waals surface area contributed by atoms with Crippen LogP contribution < -0.4 is 14.4 Å². The number of likely N-dealkylation sites (N-methyl/N-ethyl adjacent to an activating group) is 1. The summed E-state index contributed by atoms with van der Waals surface area (Å²) in [4.78, 5) is 27.9. The Morgan fingerprint density at radius 2 is 1.63 bits per heavy atom. The number of nitrogens with zero attached hydrogens (tertiary/aromatic N) is 2. The maximum atomic E-state index is 13.9. The van der Waals surface area contributed by atoms with Crippen molar-refractivity contribution in [3.63, 3.8) is 0 Å². The first kappa shape index (κ1) is 29.3. The van der Waals surface area contributed by atoms with E-state index >= 15 is 0 Å². The van der Waals surface area contributed by atoms with Gasteiger partial charge in [0.1, 0.15) is 18.3 Å². The first-order chi connectivity index (χ1) is 18.1. The summed E-state index contributed by atoms with van der Waals surface area (Å²) in [7, 11) is -1.16. The summed E-state index contributed by atoms with van der Waals surface area (Å²) < 4.78 is 33.7. The Bertz CT molecular complexity index is 1370. The molecule has 0 aliphatic rings. The van der Waals surface area contributed by atoms with Crippen LogP contribution in [0.5, 0.6) is 5.75 Å². The van der Waals surface area contributed by atoms with Crippen LogP contribution in [0.25, 0.3) is 0 Å². The zero-order valence-corrected chi connectivity index (χ0v) is 23.6. The van der Waals surface area contributed by atoms with E-state index in [1.807, 2.05) is 0 Å². The third-order valence-electron chi connectivity index (χ3n) is 5.92. The SMILES string of the molecule is CCC(C(=O)NC)N(Cc1ccc(OC)cc1)C(=O)CN(c1cccc(Cl)c1)S(=O)(=O)c1ccc(Cl)cc1. The molecular formula is C27H29Cl2N3O5S. The lowest BCUT2D eigenvalue weighted by molar-refractivity contribution is -0.140. The number of carbonyl (C=O) groups excluding carboxylic acids is 2. The number of hydrogen-bond donors (Lipinski definition) is 1. The smallest absolute Gasteiger partial charge is 0.264 e. The van der Waals surface area contributed by atoms with Crippen molar-refractivity contribution in [2.45, 2.75) is 30.8 Å². The van der Waals surface area contributed by atoms with Gasteiger partial charge in [0.2, 0.25) is 11.8 Å². The maximum absolute atomic E-state index is 13.9. The molecule has 0 aromatic heterocycles. The van der Waals surface area contributed by atoms with E-state index in [1.54, 1.807) is 56.5 Å². The van der Waals surface area contributed by atoms with Crippen LogP contribution in [0.3, 0.4) is 0 Å². The lowest BCUT2D eigenvalue weighted by Crippen LogP contribution is -2.51. The predicted molar refractivity (Wildman–Crippen MR) is 149 cm³/mol. The number of anilines is 1. The lowest BCUT2D eigenvalue weighted by atomic mass is 10.1. The second kappa shape index (κ2) is 13.0. The number of sulfonamides is 1. The normalized spacial score (nSPS) is 11.9. The summed E-state index contributed by atoms with van der Waals surface area (Å²) in [5.74, 6) is -0.274. The number of ether oxygens (including phenoxy) is 1. The zero-order chi connectivity index (χ0) is 27.9. The van der Waals surface area contributed by atoms with Crippen molar-refractivity contribution in [3.05, 3.63) is 88.4 Å². The fourth-order valence-electron chi connectivity index (χ4n) is 3.91. The van der Waals surface area contributed by atoms with Gasteiger partial charge in [0.25, 0.3) is 10.0 Å². The summed E-state index contributed by atoms with van der Waals surface area (Å²) in [6.45, 7) is 1.31. The number of methoxy groups -OCH3 is 1. The van der Waals surface area contributed by atoms with E-state index in [9.17, 15) is 18.0 Å².